The number of hydrogen-bond donors (Lipinski definition) is 0. The third-order valence-corrected chi connectivity index (χ3v) is 14.2. The molecule has 0 N–H and O–H groups in total. The summed E-state index contributed by atoms with van der Waals surface area (Å²) in [6.07, 6.45) is 0. The van der Waals surface area contributed by atoms with Gasteiger partial charge in [0, 0.05) is 0 Å². The third-order valence-electron chi connectivity index (χ3n) is 7.28. The van der Waals surface area contributed by atoms with Crippen LogP contribution in [0.4, 0.5) is 0 Å². The van der Waals surface area contributed by atoms with Crippen molar-refractivity contribution in [1.29, 1.82) is 0 Å². The van der Waals surface area contributed by atoms with E-state index < -0.39 is 5.51 Å². The molecule has 2 heteroatoms. The molecule has 0 aliphatic carbocycles. The summed E-state index contributed by atoms with van der Waals surface area (Å²) in [6, 6.07) is 51.2. The molecule has 0 fully saturated rings. The molecular weight excluding hydrogens is 518 g/mol. The van der Waals surface area contributed by atoms with Crippen LogP contribution in [0.25, 0.3) is 43.1 Å². The summed E-state index contributed by atoms with van der Waals surface area (Å²) < 4.78 is 0. The third kappa shape index (κ3) is 3.18. The summed E-state index contributed by atoms with van der Waals surface area (Å²) in [5.41, 5.74) is -2.12. The molecule has 0 aromatic heterocycles. The van der Waals surface area contributed by atoms with Crippen LogP contribution < -0.4 is 15.9 Å². The molecule has 0 aliphatic heterocycles. The minimum atomic E-state index is -2.12. The summed E-state index contributed by atoms with van der Waals surface area (Å²) in [5, 5.41) is 14.7. The second kappa shape index (κ2) is 8.58. The van der Waals surface area contributed by atoms with Gasteiger partial charge in [0.25, 0.3) is 0 Å². The molecule has 0 saturated carbocycles. The molecule has 0 atom stereocenters. The molecule has 0 bridgehead atoms. The van der Waals surface area contributed by atoms with Crippen molar-refractivity contribution in [3.8, 4) is 0 Å². The molecule has 0 spiro atoms. The zero-order valence-corrected chi connectivity index (χ0v) is 22.2. The molecule has 36 heavy (non-hydrogen) atoms. The Bertz CT molecular complexity index is 1910. The molecule has 0 saturated heterocycles. The van der Waals surface area contributed by atoms with E-state index in [1.165, 1.54) is 59.0 Å². The first-order valence-electron chi connectivity index (χ1n) is 12.2. The van der Waals surface area contributed by atoms with E-state index in [0.717, 1.165) is 0 Å². The molecule has 7 rings (SSSR count). The van der Waals surface area contributed by atoms with Crippen molar-refractivity contribution in [3.05, 3.63) is 140 Å². The topological polar surface area (TPSA) is 0 Å². The van der Waals surface area contributed by atoms with E-state index in [0.29, 0.717) is 0 Å². The molecule has 0 nitrogen and oxygen atoms in total. The Morgan fingerprint density at radius 3 is 1.39 bits per heavy atom. The van der Waals surface area contributed by atoms with E-state index in [2.05, 4.69) is 155 Å². The average molecular weight is 541 g/mol. The van der Waals surface area contributed by atoms with Crippen LogP contribution in [0, 0.1) is 0 Å². The van der Waals surface area contributed by atoms with Crippen molar-refractivity contribution < 1.29 is 0 Å². The normalized spacial score (nSPS) is 12.0. The van der Waals surface area contributed by atoms with Crippen LogP contribution in [-0.4, -0.2) is 15.1 Å². The van der Waals surface area contributed by atoms with Gasteiger partial charge in [0.2, 0.25) is 0 Å². The van der Waals surface area contributed by atoms with Gasteiger partial charge >= 0.3 is 219 Å². The fraction of sp³-hybridized carbons (Fsp3) is 0. The zero-order valence-electron chi connectivity index (χ0n) is 19.6. The Kier molecular flexibility index (Phi) is 5.19. The summed E-state index contributed by atoms with van der Waals surface area (Å²) in [7, 11) is 0. The van der Waals surface area contributed by atoms with Crippen LogP contribution in [0.15, 0.2) is 140 Å². The monoisotopic (exact) mass is 542 g/mol. The van der Waals surface area contributed by atoms with Crippen LogP contribution in [0.5, 0.6) is 0 Å². The standard InChI is InChI=1S/C34H23PSe/c36-35(25-14-3-1-4-15-25,26-16-5-2-6-17-26)34-27-18-8-7-13-24(27)23-32-30-21-10-9-19-28(30)29-20-11-12-22-31(29)33(32)34/h1-23H. The van der Waals surface area contributed by atoms with Gasteiger partial charge in [-0.3, -0.25) is 0 Å². The van der Waals surface area contributed by atoms with E-state index in [1.807, 2.05) is 0 Å². The van der Waals surface area contributed by atoms with Crippen LogP contribution in [-0.2, 0) is 0 Å². The van der Waals surface area contributed by atoms with Gasteiger partial charge in [0.1, 0.15) is 0 Å². The van der Waals surface area contributed by atoms with E-state index in [1.54, 1.807) is 0 Å². The Morgan fingerprint density at radius 1 is 0.389 bits per heavy atom. The molecule has 0 unspecified atom stereocenters. The van der Waals surface area contributed by atoms with Crippen LogP contribution in [0.1, 0.15) is 0 Å². The quantitative estimate of drug-likeness (QED) is 0.0932. The molecule has 7 aromatic carbocycles. The SMILES string of the molecule is [Se]=P(c1ccccc1)(c1ccccc1)c1c2ccccc2cc2c3ccccc3c3ccccc3c12. The molecule has 0 radical (unpaired) electrons. The van der Waals surface area contributed by atoms with Gasteiger partial charge in [-0.2, -0.15) is 0 Å². The average Bonchev–Trinajstić information content (AvgIpc) is 2.97. The van der Waals surface area contributed by atoms with Crippen LogP contribution in [0.2, 0.25) is 0 Å². The maximum absolute atomic E-state index is 3.85. The number of benzene rings is 7. The van der Waals surface area contributed by atoms with Gasteiger partial charge in [-0.15, -0.1) is 0 Å². The summed E-state index contributed by atoms with van der Waals surface area (Å²) in [5.74, 6) is 0. The van der Waals surface area contributed by atoms with Crippen LogP contribution >= 0.6 is 5.51 Å². The van der Waals surface area contributed by atoms with Gasteiger partial charge in [-0.05, 0) is 0 Å². The molecule has 0 aliphatic rings. The predicted molar refractivity (Wildman–Crippen MR) is 161 cm³/mol. The first kappa shape index (κ1) is 21.8. The fourth-order valence-electron chi connectivity index (χ4n) is 5.71. The van der Waals surface area contributed by atoms with E-state index in [-0.39, 0.29) is 0 Å². The second-order valence-corrected chi connectivity index (χ2v) is 15.4. The van der Waals surface area contributed by atoms with Gasteiger partial charge in [-0.1, -0.05) is 0 Å². The van der Waals surface area contributed by atoms with Gasteiger partial charge in [0.05, 0.1) is 0 Å². The first-order valence-corrected chi connectivity index (χ1v) is 16.2. The van der Waals surface area contributed by atoms with Crippen molar-refractivity contribution in [2.75, 3.05) is 0 Å². The summed E-state index contributed by atoms with van der Waals surface area (Å²) >= 11 is 3.85. The Labute approximate surface area is 218 Å². The zero-order chi connectivity index (χ0) is 24.1. The molecule has 0 amide bonds. The molecular formula is C34H23PSe. The van der Waals surface area contributed by atoms with Crippen molar-refractivity contribution in [1.82, 2.24) is 0 Å². The fourth-order valence-corrected chi connectivity index (χ4v) is 11.5. The van der Waals surface area contributed by atoms with Gasteiger partial charge in [0.15, 0.2) is 0 Å². The van der Waals surface area contributed by atoms with E-state index >= 15 is 0 Å². The molecule has 170 valence electrons. The minimum absolute atomic E-state index is 1.28. The van der Waals surface area contributed by atoms with Crippen molar-refractivity contribution >= 4 is 79.6 Å². The van der Waals surface area contributed by atoms with Crippen molar-refractivity contribution in [3.63, 3.8) is 0 Å². The Balaban J connectivity index is 1.82. The predicted octanol–water partition coefficient (Wildman–Crippen LogP) is 7.68. The van der Waals surface area contributed by atoms with Crippen molar-refractivity contribution in [2.45, 2.75) is 0 Å². The van der Waals surface area contributed by atoms with Crippen LogP contribution in [0.3, 0.4) is 0 Å². The number of rotatable bonds is 3. The summed E-state index contributed by atoms with van der Waals surface area (Å²) in [6.45, 7) is 0. The van der Waals surface area contributed by atoms with Gasteiger partial charge < -0.3 is 0 Å². The first-order chi connectivity index (χ1) is 17.8. The Hall–Kier alpha value is -3.47. The number of fused-ring (bicyclic) bond motifs is 7. The van der Waals surface area contributed by atoms with E-state index in [4.69, 9.17) is 0 Å². The summed E-state index contributed by atoms with van der Waals surface area (Å²) in [4.78, 5) is 0. The van der Waals surface area contributed by atoms with Crippen molar-refractivity contribution in [2.24, 2.45) is 0 Å². The van der Waals surface area contributed by atoms with Gasteiger partial charge in [-0.25, -0.2) is 0 Å². The number of hydrogen-bond acceptors (Lipinski definition) is 0. The molecule has 7 aromatic rings. The Morgan fingerprint density at radius 2 is 0.806 bits per heavy atom. The molecule has 0 heterocycles. The van der Waals surface area contributed by atoms with E-state index in [9.17, 15) is 0 Å². The second-order valence-electron chi connectivity index (χ2n) is 9.24. The maximum atomic E-state index is 3.85.